The first kappa shape index (κ1) is 14.4. The van der Waals surface area contributed by atoms with Crippen LogP contribution < -0.4 is 10.6 Å². The zero-order chi connectivity index (χ0) is 13.5. The second-order valence-electron chi connectivity index (χ2n) is 4.90. The Morgan fingerprint density at radius 2 is 2.11 bits per heavy atom. The molecule has 2 rings (SSSR count). The minimum Gasteiger partial charge on any atom is -0.352 e. The number of hydrogen-bond donors (Lipinski definition) is 2. The average molecular weight is 278 g/mol. The molecule has 0 radical (unpaired) electrons. The van der Waals surface area contributed by atoms with E-state index in [0.717, 1.165) is 31.6 Å². The van der Waals surface area contributed by atoms with Gasteiger partial charge in [0.1, 0.15) is 0 Å². The fourth-order valence-corrected chi connectivity index (χ4v) is 2.78. The van der Waals surface area contributed by atoms with Gasteiger partial charge in [-0.15, -0.1) is 0 Å². The van der Waals surface area contributed by atoms with Crippen molar-refractivity contribution < 1.29 is 4.79 Å². The van der Waals surface area contributed by atoms with Gasteiger partial charge in [-0.2, -0.15) is 11.8 Å². The normalized spacial score (nSPS) is 13.3. The maximum Gasteiger partial charge on any atom is 0.251 e. The average Bonchev–Trinajstić information content (AvgIpc) is 2.89. The third-order valence-electron chi connectivity index (χ3n) is 3.41. The van der Waals surface area contributed by atoms with Gasteiger partial charge in [0.2, 0.25) is 0 Å². The van der Waals surface area contributed by atoms with E-state index in [4.69, 9.17) is 0 Å². The van der Waals surface area contributed by atoms with Gasteiger partial charge >= 0.3 is 0 Å². The lowest BCUT2D eigenvalue weighted by molar-refractivity contribution is 0.0953. The maximum absolute atomic E-state index is 12.0. The second kappa shape index (κ2) is 7.56. The molecule has 104 valence electrons. The number of fused-ring (bicyclic) bond motifs is 1. The fraction of sp³-hybridized carbons (Fsp3) is 0.533. The van der Waals surface area contributed by atoms with E-state index in [2.05, 4.69) is 23.0 Å². The Balaban J connectivity index is 1.74. The highest BCUT2D eigenvalue weighted by Crippen LogP contribution is 2.16. The molecule has 0 saturated carbocycles. The second-order valence-corrected chi connectivity index (χ2v) is 5.88. The SMILES string of the molecule is CSCCCCCNC(=O)c1ccc2c(c1)CNC2. The van der Waals surface area contributed by atoms with Crippen molar-refractivity contribution in [2.75, 3.05) is 18.6 Å². The fourth-order valence-electron chi connectivity index (χ4n) is 2.29. The monoisotopic (exact) mass is 278 g/mol. The van der Waals surface area contributed by atoms with Crippen molar-refractivity contribution in [1.82, 2.24) is 10.6 Å². The molecule has 0 aliphatic carbocycles. The number of unbranched alkanes of at least 4 members (excludes halogenated alkanes) is 2. The van der Waals surface area contributed by atoms with Crippen molar-refractivity contribution in [2.45, 2.75) is 32.4 Å². The Bertz CT molecular complexity index is 434. The molecule has 0 unspecified atom stereocenters. The van der Waals surface area contributed by atoms with Crippen molar-refractivity contribution in [2.24, 2.45) is 0 Å². The lowest BCUT2D eigenvalue weighted by Gasteiger charge is -2.06. The first-order valence-corrected chi connectivity index (χ1v) is 8.30. The molecule has 19 heavy (non-hydrogen) atoms. The molecule has 3 nitrogen and oxygen atoms in total. The van der Waals surface area contributed by atoms with Gasteiger partial charge < -0.3 is 10.6 Å². The summed E-state index contributed by atoms with van der Waals surface area (Å²) in [5, 5.41) is 6.29. The van der Waals surface area contributed by atoms with Gasteiger partial charge in [-0.1, -0.05) is 12.5 Å². The lowest BCUT2D eigenvalue weighted by atomic mass is 10.1. The number of benzene rings is 1. The van der Waals surface area contributed by atoms with Gasteiger partial charge in [-0.25, -0.2) is 0 Å². The van der Waals surface area contributed by atoms with E-state index in [1.165, 1.54) is 29.7 Å². The number of amides is 1. The summed E-state index contributed by atoms with van der Waals surface area (Å²) in [5.41, 5.74) is 3.35. The van der Waals surface area contributed by atoms with Gasteiger partial charge in [0.15, 0.2) is 0 Å². The first-order chi connectivity index (χ1) is 9.31. The molecule has 1 aliphatic rings. The third kappa shape index (κ3) is 4.25. The van der Waals surface area contributed by atoms with Crippen LogP contribution in [0.15, 0.2) is 18.2 Å². The highest BCUT2D eigenvalue weighted by molar-refractivity contribution is 7.98. The van der Waals surface area contributed by atoms with Gasteiger partial charge in [-0.05, 0) is 48.1 Å². The number of carbonyl (C=O) groups is 1. The minimum atomic E-state index is 0.0552. The van der Waals surface area contributed by atoms with E-state index in [1.54, 1.807) is 0 Å². The summed E-state index contributed by atoms with van der Waals surface area (Å²) in [5.74, 6) is 1.27. The van der Waals surface area contributed by atoms with Crippen LogP contribution in [-0.4, -0.2) is 24.5 Å². The van der Waals surface area contributed by atoms with Crippen LogP contribution in [0.1, 0.15) is 40.7 Å². The summed E-state index contributed by atoms with van der Waals surface area (Å²) in [7, 11) is 0. The van der Waals surface area contributed by atoms with E-state index in [9.17, 15) is 4.79 Å². The van der Waals surface area contributed by atoms with Crippen LogP contribution in [0.25, 0.3) is 0 Å². The van der Waals surface area contributed by atoms with E-state index in [-0.39, 0.29) is 5.91 Å². The van der Waals surface area contributed by atoms with Gasteiger partial charge in [0.05, 0.1) is 0 Å². The molecule has 1 aromatic rings. The molecule has 1 amide bonds. The van der Waals surface area contributed by atoms with Crippen molar-refractivity contribution in [3.63, 3.8) is 0 Å². The van der Waals surface area contributed by atoms with Crippen molar-refractivity contribution in [3.8, 4) is 0 Å². The molecular weight excluding hydrogens is 256 g/mol. The van der Waals surface area contributed by atoms with Gasteiger partial charge in [0.25, 0.3) is 5.91 Å². The highest BCUT2D eigenvalue weighted by Gasteiger charge is 2.12. The molecule has 4 heteroatoms. The van der Waals surface area contributed by atoms with Gasteiger partial charge in [-0.3, -0.25) is 4.79 Å². The van der Waals surface area contributed by atoms with E-state index < -0.39 is 0 Å². The smallest absolute Gasteiger partial charge is 0.251 e. The number of thioether (sulfide) groups is 1. The predicted molar refractivity (Wildman–Crippen MR) is 81.6 cm³/mol. The first-order valence-electron chi connectivity index (χ1n) is 6.91. The number of nitrogens with one attached hydrogen (secondary N) is 2. The van der Waals surface area contributed by atoms with Crippen LogP contribution in [0.5, 0.6) is 0 Å². The lowest BCUT2D eigenvalue weighted by Crippen LogP contribution is -2.24. The molecule has 2 N–H and O–H groups in total. The Labute approximate surface area is 119 Å². The summed E-state index contributed by atoms with van der Waals surface area (Å²) in [6.07, 6.45) is 5.63. The molecule has 0 bridgehead atoms. The standard InChI is InChI=1S/C15H22N2OS/c1-19-8-4-2-3-7-17-15(18)12-5-6-13-10-16-11-14(13)9-12/h5-6,9,16H,2-4,7-8,10-11H2,1H3,(H,17,18). The van der Waals surface area contributed by atoms with Gasteiger partial charge in [0, 0.05) is 25.2 Å². The van der Waals surface area contributed by atoms with E-state index in [0.29, 0.717) is 0 Å². The summed E-state index contributed by atoms with van der Waals surface area (Å²) in [6, 6.07) is 6.00. The maximum atomic E-state index is 12.0. The molecule has 0 fully saturated rings. The summed E-state index contributed by atoms with van der Waals surface area (Å²) in [4.78, 5) is 12.0. The molecule has 0 spiro atoms. The Hall–Kier alpha value is -1.00. The molecule has 1 heterocycles. The molecule has 0 saturated heterocycles. The zero-order valence-corrected chi connectivity index (χ0v) is 12.3. The van der Waals surface area contributed by atoms with Crippen molar-refractivity contribution in [1.29, 1.82) is 0 Å². The van der Waals surface area contributed by atoms with Crippen LogP contribution in [0, 0.1) is 0 Å². The van der Waals surface area contributed by atoms with Crippen LogP contribution in [0.2, 0.25) is 0 Å². The molecule has 0 atom stereocenters. The van der Waals surface area contributed by atoms with Crippen LogP contribution in [0.3, 0.4) is 0 Å². The number of hydrogen-bond acceptors (Lipinski definition) is 3. The predicted octanol–water partition coefficient (Wildman–Crippen LogP) is 2.55. The Morgan fingerprint density at radius 1 is 1.26 bits per heavy atom. The zero-order valence-electron chi connectivity index (χ0n) is 11.5. The molecule has 1 aliphatic heterocycles. The molecule has 1 aromatic carbocycles. The minimum absolute atomic E-state index is 0.0552. The molecular formula is C15H22N2OS. The summed E-state index contributed by atoms with van der Waals surface area (Å²) >= 11 is 1.88. The largest absolute Gasteiger partial charge is 0.352 e. The summed E-state index contributed by atoms with van der Waals surface area (Å²) < 4.78 is 0. The van der Waals surface area contributed by atoms with Crippen molar-refractivity contribution in [3.05, 3.63) is 34.9 Å². The number of rotatable bonds is 7. The van der Waals surface area contributed by atoms with Crippen LogP contribution >= 0.6 is 11.8 Å². The van der Waals surface area contributed by atoms with Crippen LogP contribution in [0.4, 0.5) is 0 Å². The highest BCUT2D eigenvalue weighted by atomic mass is 32.2. The third-order valence-corrected chi connectivity index (χ3v) is 4.11. The Morgan fingerprint density at radius 3 is 2.95 bits per heavy atom. The topological polar surface area (TPSA) is 41.1 Å². The Kier molecular flexibility index (Phi) is 5.73. The van der Waals surface area contributed by atoms with E-state index >= 15 is 0 Å². The van der Waals surface area contributed by atoms with E-state index in [1.807, 2.05) is 23.9 Å². The van der Waals surface area contributed by atoms with Crippen LogP contribution in [-0.2, 0) is 13.1 Å². The molecule has 0 aromatic heterocycles. The van der Waals surface area contributed by atoms with Crippen molar-refractivity contribution >= 4 is 17.7 Å². The quantitative estimate of drug-likeness (QED) is 0.753. The number of carbonyl (C=O) groups excluding carboxylic acids is 1. The summed E-state index contributed by atoms with van der Waals surface area (Å²) in [6.45, 7) is 2.58.